The first-order chi connectivity index (χ1) is 10.1. The van der Waals surface area contributed by atoms with E-state index in [4.69, 9.17) is 9.47 Å². The highest BCUT2D eigenvalue weighted by Crippen LogP contribution is 2.39. The lowest BCUT2D eigenvalue weighted by molar-refractivity contribution is 0.171. The van der Waals surface area contributed by atoms with Gasteiger partial charge < -0.3 is 9.47 Å². The summed E-state index contributed by atoms with van der Waals surface area (Å²) in [7, 11) is 0. The molecule has 0 aliphatic carbocycles. The average Bonchev–Trinajstić information content (AvgIpc) is 2.45. The first kappa shape index (κ1) is 14.3. The molecule has 1 aliphatic rings. The second kappa shape index (κ2) is 5.60. The Labute approximate surface area is 127 Å². The molecule has 1 heterocycles. The van der Waals surface area contributed by atoms with Crippen LogP contribution in [0, 0.1) is 17.5 Å². The highest BCUT2D eigenvalue weighted by Gasteiger charge is 2.22. The summed E-state index contributed by atoms with van der Waals surface area (Å²) < 4.78 is 51.4. The van der Waals surface area contributed by atoms with E-state index in [9.17, 15) is 13.2 Å². The van der Waals surface area contributed by atoms with Crippen LogP contribution < -0.4 is 9.47 Å². The van der Waals surface area contributed by atoms with Crippen LogP contribution in [0.5, 0.6) is 11.5 Å². The maximum absolute atomic E-state index is 13.8. The molecule has 0 N–H and O–H groups in total. The van der Waals surface area contributed by atoms with Crippen molar-refractivity contribution < 1.29 is 22.6 Å². The van der Waals surface area contributed by atoms with Gasteiger partial charge in [-0.05, 0) is 17.7 Å². The lowest BCUT2D eigenvalue weighted by Crippen LogP contribution is -2.15. The molecule has 0 amide bonds. The third-order valence-electron chi connectivity index (χ3n) is 3.16. The Hall–Kier alpha value is -1.69. The minimum absolute atomic E-state index is 0.243. The first-order valence-electron chi connectivity index (χ1n) is 6.24. The lowest BCUT2D eigenvalue weighted by Gasteiger charge is -2.20. The number of halogens is 4. The molecule has 6 heteroatoms. The van der Waals surface area contributed by atoms with Gasteiger partial charge in [-0.3, -0.25) is 0 Å². The number of alkyl halides is 1. The summed E-state index contributed by atoms with van der Waals surface area (Å²) in [5, 5.41) is 0. The Morgan fingerprint density at radius 1 is 0.905 bits per heavy atom. The van der Waals surface area contributed by atoms with Crippen LogP contribution >= 0.6 is 15.9 Å². The zero-order chi connectivity index (χ0) is 15.0. The molecule has 2 nitrogen and oxygen atoms in total. The van der Waals surface area contributed by atoms with Gasteiger partial charge in [-0.25, -0.2) is 13.2 Å². The van der Waals surface area contributed by atoms with E-state index in [1.165, 1.54) is 0 Å². The fraction of sp³-hybridized carbons (Fsp3) is 0.200. The number of hydrogen-bond acceptors (Lipinski definition) is 2. The number of ether oxygens (including phenoxy) is 2. The van der Waals surface area contributed by atoms with E-state index in [2.05, 4.69) is 15.9 Å². The van der Waals surface area contributed by atoms with Crippen LogP contribution in [-0.2, 0) is 0 Å². The summed E-state index contributed by atoms with van der Waals surface area (Å²) in [5.41, 5.74) is 0.344. The second-order valence-corrected chi connectivity index (χ2v) is 5.46. The third kappa shape index (κ3) is 2.72. The molecule has 1 unspecified atom stereocenters. The molecule has 0 saturated heterocycles. The van der Waals surface area contributed by atoms with E-state index in [0.29, 0.717) is 42.4 Å². The normalized spacial score (nSPS) is 14.9. The highest BCUT2D eigenvalue weighted by molar-refractivity contribution is 9.09. The Bertz CT molecular complexity index is 668. The van der Waals surface area contributed by atoms with Crippen molar-refractivity contribution in [2.75, 3.05) is 13.2 Å². The summed E-state index contributed by atoms with van der Waals surface area (Å²) in [6, 6.07) is 6.32. The molecule has 0 spiro atoms. The summed E-state index contributed by atoms with van der Waals surface area (Å²) in [6.07, 6.45) is 0. The Kier molecular flexibility index (Phi) is 3.80. The summed E-state index contributed by atoms with van der Waals surface area (Å²) in [6.45, 7) is 0.883. The minimum atomic E-state index is -0.948. The average molecular weight is 359 g/mol. The van der Waals surface area contributed by atoms with Crippen LogP contribution in [0.1, 0.15) is 16.0 Å². The lowest BCUT2D eigenvalue weighted by atomic mass is 10.0. The molecule has 21 heavy (non-hydrogen) atoms. The molecule has 0 saturated carbocycles. The van der Waals surface area contributed by atoms with Crippen LogP contribution in [0.4, 0.5) is 13.2 Å². The van der Waals surface area contributed by atoms with Crippen molar-refractivity contribution >= 4 is 15.9 Å². The van der Waals surface area contributed by atoms with Crippen LogP contribution in [0.15, 0.2) is 30.3 Å². The van der Waals surface area contributed by atoms with Crippen LogP contribution in [0.25, 0.3) is 0 Å². The van der Waals surface area contributed by atoms with Crippen LogP contribution in [0.3, 0.4) is 0 Å². The number of fused-ring (bicyclic) bond motifs is 1. The van der Waals surface area contributed by atoms with Crippen LogP contribution in [-0.4, -0.2) is 13.2 Å². The molecule has 2 aromatic rings. The Morgan fingerprint density at radius 2 is 1.52 bits per heavy atom. The summed E-state index contributed by atoms with van der Waals surface area (Å²) in [5.74, 6) is -1.72. The van der Waals surface area contributed by atoms with Crippen molar-refractivity contribution in [3.8, 4) is 11.5 Å². The molecule has 110 valence electrons. The van der Waals surface area contributed by atoms with Crippen molar-refractivity contribution in [1.82, 2.24) is 0 Å². The maximum Gasteiger partial charge on any atom is 0.161 e. The van der Waals surface area contributed by atoms with E-state index in [1.54, 1.807) is 18.2 Å². The summed E-state index contributed by atoms with van der Waals surface area (Å²) in [4.78, 5) is -0.756. The van der Waals surface area contributed by atoms with Gasteiger partial charge in [0.25, 0.3) is 0 Å². The number of rotatable bonds is 2. The maximum atomic E-state index is 13.8. The fourth-order valence-electron chi connectivity index (χ4n) is 2.18. The van der Waals surface area contributed by atoms with Gasteiger partial charge in [0.15, 0.2) is 11.5 Å². The van der Waals surface area contributed by atoms with Crippen molar-refractivity contribution in [3.63, 3.8) is 0 Å². The monoisotopic (exact) mass is 358 g/mol. The van der Waals surface area contributed by atoms with Crippen molar-refractivity contribution in [3.05, 3.63) is 58.9 Å². The van der Waals surface area contributed by atoms with E-state index in [-0.39, 0.29) is 5.56 Å². The van der Waals surface area contributed by atoms with Crippen molar-refractivity contribution in [2.24, 2.45) is 0 Å². The predicted molar refractivity (Wildman–Crippen MR) is 74.5 cm³/mol. The van der Waals surface area contributed by atoms with Gasteiger partial charge in [-0.1, -0.05) is 22.0 Å². The van der Waals surface area contributed by atoms with Gasteiger partial charge >= 0.3 is 0 Å². The highest BCUT2D eigenvalue weighted by atomic mass is 79.9. The Balaban J connectivity index is 2.01. The van der Waals surface area contributed by atoms with Gasteiger partial charge in [0.1, 0.15) is 30.7 Å². The number of hydrogen-bond donors (Lipinski definition) is 0. The van der Waals surface area contributed by atoms with E-state index < -0.39 is 22.3 Å². The molecule has 0 radical (unpaired) electrons. The molecule has 3 rings (SSSR count). The van der Waals surface area contributed by atoms with Crippen LogP contribution in [0.2, 0.25) is 0 Å². The third-order valence-corrected chi connectivity index (χ3v) is 4.14. The van der Waals surface area contributed by atoms with Gasteiger partial charge in [-0.2, -0.15) is 0 Å². The smallest absolute Gasteiger partial charge is 0.161 e. The molecule has 1 aliphatic heterocycles. The predicted octanol–water partition coefficient (Wildman–Crippen LogP) is 4.36. The molecular formula is C15H10BrF3O2. The topological polar surface area (TPSA) is 18.5 Å². The SMILES string of the molecule is Fc1cc(F)c(C(Br)c2ccc3c(c2)OCCO3)c(F)c1. The standard InChI is InChI=1S/C15H10BrF3O2/c16-15(14-10(18)6-9(17)7-11(14)19)8-1-2-12-13(5-8)21-4-3-20-12/h1-2,5-7,15H,3-4H2. The minimum Gasteiger partial charge on any atom is -0.486 e. The molecule has 0 bridgehead atoms. The summed E-state index contributed by atoms with van der Waals surface area (Å²) >= 11 is 3.25. The van der Waals surface area contributed by atoms with E-state index in [1.807, 2.05) is 0 Å². The van der Waals surface area contributed by atoms with Crippen molar-refractivity contribution in [1.29, 1.82) is 0 Å². The zero-order valence-corrected chi connectivity index (χ0v) is 12.3. The molecule has 1 atom stereocenters. The molecule has 0 fully saturated rings. The molecule has 2 aromatic carbocycles. The second-order valence-electron chi connectivity index (χ2n) is 4.55. The quantitative estimate of drug-likeness (QED) is 0.742. The number of benzene rings is 2. The van der Waals surface area contributed by atoms with E-state index >= 15 is 0 Å². The van der Waals surface area contributed by atoms with Gasteiger partial charge in [0.05, 0.1) is 4.83 Å². The zero-order valence-electron chi connectivity index (χ0n) is 10.7. The van der Waals surface area contributed by atoms with Gasteiger partial charge in [0.2, 0.25) is 0 Å². The molecule has 0 aromatic heterocycles. The molecular weight excluding hydrogens is 349 g/mol. The van der Waals surface area contributed by atoms with Crippen molar-refractivity contribution in [2.45, 2.75) is 4.83 Å². The van der Waals surface area contributed by atoms with Gasteiger partial charge in [-0.15, -0.1) is 0 Å². The first-order valence-corrected chi connectivity index (χ1v) is 7.16. The fourth-order valence-corrected chi connectivity index (χ4v) is 2.90. The largest absolute Gasteiger partial charge is 0.486 e. The van der Waals surface area contributed by atoms with Gasteiger partial charge in [0, 0.05) is 17.7 Å². The van der Waals surface area contributed by atoms with E-state index in [0.717, 1.165) is 0 Å². The Morgan fingerprint density at radius 3 is 2.19 bits per heavy atom.